The van der Waals surface area contributed by atoms with Gasteiger partial charge in [0.1, 0.15) is 0 Å². The van der Waals surface area contributed by atoms with Crippen molar-refractivity contribution in [2.45, 2.75) is 32.2 Å². The van der Waals surface area contributed by atoms with Gasteiger partial charge in [-0.2, -0.15) is 0 Å². The van der Waals surface area contributed by atoms with Crippen LogP contribution < -0.4 is 4.90 Å². The van der Waals surface area contributed by atoms with Crippen LogP contribution in [0.5, 0.6) is 0 Å². The number of fused-ring (bicyclic) bond motifs is 1. The normalized spacial score (nSPS) is 23.1. The largest absolute Gasteiger partial charge is 0.370 e. The minimum atomic E-state index is 0.187. The summed E-state index contributed by atoms with van der Waals surface area (Å²) < 4.78 is 2.39. The Morgan fingerprint density at radius 2 is 1.73 bits per heavy atom. The lowest BCUT2D eigenvalue weighted by Gasteiger charge is -2.28. The van der Waals surface area contributed by atoms with Crippen molar-refractivity contribution in [1.29, 1.82) is 0 Å². The zero-order valence-electron chi connectivity index (χ0n) is 9.44. The molecule has 1 unspecified atom stereocenters. The van der Waals surface area contributed by atoms with Gasteiger partial charge in [-0.25, -0.2) is 0 Å². The maximum atomic E-state index is 3.66. The molecule has 0 aromatic heterocycles. The molecular formula is C12H15Br2N. The molecule has 15 heavy (non-hydrogen) atoms. The average molecular weight is 333 g/mol. The predicted molar refractivity (Wildman–Crippen MR) is 72.7 cm³/mol. The Morgan fingerprint density at radius 1 is 1.20 bits per heavy atom. The van der Waals surface area contributed by atoms with Crippen LogP contribution in [-0.2, 0) is 5.41 Å². The van der Waals surface area contributed by atoms with Crippen molar-refractivity contribution in [3.8, 4) is 0 Å². The van der Waals surface area contributed by atoms with Gasteiger partial charge < -0.3 is 4.90 Å². The van der Waals surface area contributed by atoms with Crippen molar-refractivity contribution in [3.63, 3.8) is 0 Å². The molecule has 0 saturated carbocycles. The molecule has 1 aromatic carbocycles. The number of hydrogen-bond acceptors (Lipinski definition) is 1. The van der Waals surface area contributed by atoms with Crippen molar-refractivity contribution >= 4 is 37.5 Å². The van der Waals surface area contributed by atoms with E-state index in [1.54, 1.807) is 0 Å². The second-order valence-electron chi connectivity index (χ2n) is 4.76. The van der Waals surface area contributed by atoms with Crippen molar-refractivity contribution in [2.75, 3.05) is 11.9 Å². The third-order valence-electron chi connectivity index (χ3n) is 3.70. The minimum Gasteiger partial charge on any atom is -0.370 e. The summed E-state index contributed by atoms with van der Waals surface area (Å²) in [7, 11) is 2.16. The van der Waals surface area contributed by atoms with Crippen LogP contribution in [0.25, 0.3) is 0 Å². The fourth-order valence-electron chi connectivity index (χ4n) is 2.39. The lowest BCUT2D eigenvalue weighted by Crippen LogP contribution is -2.36. The van der Waals surface area contributed by atoms with E-state index in [4.69, 9.17) is 0 Å². The molecule has 1 aliphatic heterocycles. The van der Waals surface area contributed by atoms with E-state index in [1.807, 2.05) is 0 Å². The van der Waals surface area contributed by atoms with Gasteiger partial charge in [0, 0.05) is 27.4 Å². The van der Waals surface area contributed by atoms with Crippen molar-refractivity contribution in [1.82, 2.24) is 0 Å². The van der Waals surface area contributed by atoms with E-state index in [1.165, 1.54) is 20.2 Å². The lowest BCUT2D eigenvalue weighted by atomic mass is 9.81. The van der Waals surface area contributed by atoms with Gasteiger partial charge in [0.25, 0.3) is 0 Å². The van der Waals surface area contributed by atoms with Crippen molar-refractivity contribution < 1.29 is 0 Å². The first-order valence-corrected chi connectivity index (χ1v) is 6.67. The standard InChI is InChI=1S/C12H15Br2N/c1-7-12(2,3)10-8(13)5-6-9(14)11(10)15(7)4/h5-7H,1-4H3. The SMILES string of the molecule is CC1N(C)c2c(Br)ccc(Br)c2C1(C)C. The highest BCUT2D eigenvalue weighted by Gasteiger charge is 2.42. The summed E-state index contributed by atoms with van der Waals surface area (Å²) in [6.07, 6.45) is 0. The van der Waals surface area contributed by atoms with E-state index in [0.717, 1.165) is 0 Å². The summed E-state index contributed by atoms with van der Waals surface area (Å²) in [6.45, 7) is 6.88. The maximum absolute atomic E-state index is 3.66. The van der Waals surface area contributed by atoms with E-state index in [2.05, 4.69) is 76.7 Å². The second-order valence-corrected chi connectivity index (χ2v) is 6.47. The molecule has 82 valence electrons. The highest BCUT2D eigenvalue weighted by atomic mass is 79.9. The van der Waals surface area contributed by atoms with E-state index in [-0.39, 0.29) is 5.41 Å². The fraction of sp³-hybridized carbons (Fsp3) is 0.500. The Labute approximate surface area is 108 Å². The summed E-state index contributed by atoms with van der Waals surface area (Å²) >= 11 is 7.30. The summed E-state index contributed by atoms with van der Waals surface area (Å²) in [6, 6.07) is 4.74. The molecule has 1 aromatic rings. The molecule has 1 nitrogen and oxygen atoms in total. The van der Waals surface area contributed by atoms with Crippen molar-refractivity contribution in [3.05, 3.63) is 26.6 Å². The van der Waals surface area contributed by atoms with Crippen LogP contribution in [0.4, 0.5) is 5.69 Å². The number of hydrogen-bond donors (Lipinski definition) is 0. The smallest absolute Gasteiger partial charge is 0.0560 e. The summed E-state index contributed by atoms with van der Waals surface area (Å²) in [5, 5.41) is 0. The summed E-state index contributed by atoms with van der Waals surface area (Å²) in [4.78, 5) is 2.35. The van der Waals surface area contributed by atoms with Gasteiger partial charge in [0.2, 0.25) is 0 Å². The zero-order valence-corrected chi connectivity index (χ0v) is 12.6. The zero-order chi connectivity index (χ0) is 11.4. The van der Waals surface area contributed by atoms with Crippen LogP contribution >= 0.6 is 31.9 Å². The van der Waals surface area contributed by atoms with Gasteiger partial charge in [0.05, 0.1) is 5.69 Å². The molecule has 0 bridgehead atoms. The highest BCUT2D eigenvalue weighted by Crippen LogP contribution is 2.50. The number of rotatable bonds is 0. The van der Waals surface area contributed by atoms with E-state index in [0.29, 0.717) is 6.04 Å². The Bertz CT molecular complexity index is 412. The molecule has 1 heterocycles. The molecule has 3 heteroatoms. The minimum absolute atomic E-state index is 0.187. The highest BCUT2D eigenvalue weighted by molar-refractivity contribution is 9.11. The third-order valence-corrected chi connectivity index (χ3v) is 5.00. The number of benzene rings is 1. The molecule has 1 atom stereocenters. The second kappa shape index (κ2) is 3.49. The number of anilines is 1. The first kappa shape index (κ1) is 11.5. The van der Waals surface area contributed by atoms with Gasteiger partial charge >= 0.3 is 0 Å². The first-order chi connectivity index (χ1) is 6.87. The molecule has 0 radical (unpaired) electrons. The van der Waals surface area contributed by atoms with Crippen LogP contribution in [0.15, 0.2) is 21.1 Å². The summed E-state index contributed by atoms with van der Waals surface area (Å²) in [5.41, 5.74) is 2.92. The van der Waals surface area contributed by atoms with Gasteiger partial charge in [0.15, 0.2) is 0 Å². The number of likely N-dealkylation sites (N-methyl/N-ethyl adjacent to an activating group) is 1. The van der Waals surface area contributed by atoms with Crippen LogP contribution in [-0.4, -0.2) is 13.1 Å². The molecule has 0 N–H and O–H groups in total. The molecular weight excluding hydrogens is 318 g/mol. The van der Waals surface area contributed by atoms with Gasteiger partial charge in [-0.3, -0.25) is 0 Å². The van der Waals surface area contributed by atoms with Gasteiger partial charge in [-0.05, 0) is 40.5 Å². The van der Waals surface area contributed by atoms with Gasteiger partial charge in [-0.15, -0.1) is 0 Å². The molecule has 0 fully saturated rings. The topological polar surface area (TPSA) is 3.24 Å². The number of nitrogens with zero attached hydrogens (tertiary/aromatic N) is 1. The maximum Gasteiger partial charge on any atom is 0.0560 e. The van der Waals surface area contributed by atoms with E-state index < -0.39 is 0 Å². The van der Waals surface area contributed by atoms with Crippen LogP contribution in [0.1, 0.15) is 26.3 Å². The Balaban J connectivity index is 2.76. The predicted octanol–water partition coefficient (Wildman–Crippen LogP) is 4.33. The van der Waals surface area contributed by atoms with Crippen molar-refractivity contribution in [2.24, 2.45) is 0 Å². The van der Waals surface area contributed by atoms with Crippen LogP contribution in [0.2, 0.25) is 0 Å². The average Bonchev–Trinajstić information content (AvgIpc) is 2.34. The van der Waals surface area contributed by atoms with Gasteiger partial charge in [-0.1, -0.05) is 29.8 Å². The quantitative estimate of drug-likeness (QED) is 0.683. The molecule has 0 aliphatic carbocycles. The monoisotopic (exact) mass is 331 g/mol. The Morgan fingerprint density at radius 3 is 2.27 bits per heavy atom. The Kier molecular flexibility index (Phi) is 2.67. The number of halogens is 2. The Hall–Kier alpha value is -0.0200. The van der Waals surface area contributed by atoms with Crippen LogP contribution in [0, 0.1) is 0 Å². The molecule has 1 aliphatic rings. The van der Waals surface area contributed by atoms with E-state index in [9.17, 15) is 0 Å². The first-order valence-electron chi connectivity index (χ1n) is 5.08. The molecule has 0 spiro atoms. The van der Waals surface area contributed by atoms with E-state index >= 15 is 0 Å². The molecule has 0 saturated heterocycles. The lowest BCUT2D eigenvalue weighted by molar-refractivity contribution is 0.453. The molecule has 2 rings (SSSR count). The summed E-state index contributed by atoms with van der Waals surface area (Å²) in [5.74, 6) is 0. The van der Waals surface area contributed by atoms with Crippen LogP contribution in [0.3, 0.4) is 0 Å². The fourth-order valence-corrected chi connectivity index (χ4v) is 3.83. The third kappa shape index (κ3) is 1.47. The molecule has 0 amide bonds.